The third kappa shape index (κ3) is 6.81. The maximum Gasteiger partial charge on any atom is 0.259 e. The summed E-state index contributed by atoms with van der Waals surface area (Å²) in [5, 5.41) is 5.65. The number of hydrogen-bond acceptors (Lipinski definition) is 5. The molecular formula is C73H51BN2O2S. The van der Waals surface area contributed by atoms with Gasteiger partial charge in [-0.3, -0.25) is 0 Å². The minimum absolute atomic E-state index is 0.0125. The molecule has 0 saturated heterocycles. The highest BCUT2D eigenvalue weighted by Gasteiger charge is 2.53. The molecule has 0 aliphatic carbocycles. The predicted octanol–water partition coefficient (Wildman–Crippen LogP) is 18.1. The minimum atomic E-state index is -0.687. The lowest BCUT2D eigenvalue weighted by Crippen LogP contribution is -2.64. The summed E-state index contributed by atoms with van der Waals surface area (Å²) in [5.74, 6) is 0. The first-order valence-corrected chi connectivity index (χ1v) is 28.2. The van der Waals surface area contributed by atoms with E-state index in [-0.39, 0.29) is 12.1 Å². The summed E-state index contributed by atoms with van der Waals surface area (Å²) >= 11 is 1.95. The Morgan fingerprint density at radius 1 is 0.443 bits per heavy atom. The average Bonchev–Trinajstić information content (AvgIpc) is 2.75. The van der Waals surface area contributed by atoms with Crippen LogP contribution in [0.15, 0.2) is 264 Å². The van der Waals surface area contributed by atoms with Crippen LogP contribution in [0.25, 0.3) is 65.1 Å². The molecule has 0 amide bonds. The minimum Gasteiger partial charge on any atom is -0.456 e. The van der Waals surface area contributed by atoms with Gasteiger partial charge in [0.1, 0.15) is 16.7 Å². The van der Waals surface area contributed by atoms with Crippen LogP contribution in [0.1, 0.15) is 48.6 Å². The van der Waals surface area contributed by atoms with E-state index in [4.69, 9.17) is 8.83 Å². The standard InChI is InChI=1S/C73H51BN2O2S/c1-72(2,3)48-34-36-51(37-35-48)75(52-39-41-66-57(44-52)55-26-14-15-31-64(55)77-66)53-38-40-60-63(45-53)76(62-30-17-27-56-54-25-13-16-32-65(54)78-70(56)62)61-29-18-28-59-69(61)74(60)71-68(58-43-47(33-42-67(58)79-71)46-19-7-4-8-20-46)73(59,49-21-9-5-10-22-49)50-23-11-6-12-24-50/h4-45H,1-3H3. The van der Waals surface area contributed by atoms with Crippen molar-refractivity contribution in [3.8, 4) is 11.1 Å². The van der Waals surface area contributed by atoms with E-state index in [1.807, 2.05) is 17.4 Å². The zero-order valence-corrected chi connectivity index (χ0v) is 44.8. The predicted molar refractivity (Wildman–Crippen MR) is 333 cm³/mol. The van der Waals surface area contributed by atoms with Crippen LogP contribution in [0.5, 0.6) is 0 Å². The lowest BCUT2D eigenvalue weighted by Gasteiger charge is -2.47. The number of fused-ring (bicyclic) bond motifs is 12. The van der Waals surface area contributed by atoms with E-state index in [2.05, 4.69) is 279 Å². The van der Waals surface area contributed by atoms with Crippen LogP contribution in [0.3, 0.4) is 0 Å². The topological polar surface area (TPSA) is 32.8 Å². The number of benzene rings is 11. The van der Waals surface area contributed by atoms with Crippen molar-refractivity contribution in [3.05, 3.63) is 283 Å². The van der Waals surface area contributed by atoms with Crippen molar-refractivity contribution in [1.29, 1.82) is 0 Å². The van der Waals surface area contributed by atoms with Crippen molar-refractivity contribution in [2.75, 3.05) is 9.80 Å². The fourth-order valence-electron chi connectivity index (χ4n) is 13.4. The summed E-state index contributed by atoms with van der Waals surface area (Å²) in [7, 11) is 0. The fourth-order valence-corrected chi connectivity index (χ4v) is 14.8. The van der Waals surface area contributed by atoms with Crippen molar-refractivity contribution in [1.82, 2.24) is 0 Å². The second kappa shape index (κ2) is 17.3. The zero-order chi connectivity index (χ0) is 52.6. The molecule has 0 atom stereocenters. The van der Waals surface area contributed by atoms with Gasteiger partial charge >= 0.3 is 0 Å². The van der Waals surface area contributed by atoms with Gasteiger partial charge in [0.2, 0.25) is 0 Å². The Balaban J connectivity index is 1.02. The van der Waals surface area contributed by atoms with E-state index in [0.29, 0.717) is 0 Å². The van der Waals surface area contributed by atoms with Crippen molar-refractivity contribution in [3.63, 3.8) is 0 Å². The van der Waals surface area contributed by atoms with Gasteiger partial charge in [0, 0.05) is 54.7 Å². The van der Waals surface area contributed by atoms with E-state index in [1.54, 1.807) is 0 Å². The van der Waals surface area contributed by atoms with Gasteiger partial charge in [-0.05, 0) is 144 Å². The zero-order valence-electron chi connectivity index (χ0n) is 43.9. The first kappa shape index (κ1) is 45.8. The molecule has 0 bridgehead atoms. The summed E-state index contributed by atoms with van der Waals surface area (Å²) in [6, 6.07) is 94.1. The van der Waals surface area contributed by atoms with Crippen LogP contribution in [0.2, 0.25) is 0 Å². The van der Waals surface area contributed by atoms with Gasteiger partial charge in [0.15, 0.2) is 5.58 Å². The van der Waals surface area contributed by atoms with Crippen molar-refractivity contribution < 1.29 is 8.83 Å². The molecule has 16 rings (SSSR count). The second-order valence-electron chi connectivity index (χ2n) is 22.3. The largest absolute Gasteiger partial charge is 0.456 e. The highest BCUT2D eigenvalue weighted by atomic mass is 32.1. The lowest BCUT2D eigenvalue weighted by atomic mass is 9.31. The van der Waals surface area contributed by atoms with Gasteiger partial charge in [-0.15, -0.1) is 11.3 Å². The molecule has 0 unspecified atom stereocenters. The van der Waals surface area contributed by atoms with Crippen LogP contribution >= 0.6 is 11.3 Å². The Morgan fingerprint density at radius 2 is 1.04 bits per heavy atom. The lowest BCUT2D eigenvalue weighted by molar-refractivity contribution is 0.590. The van der Waals surface area contributed by atoms with Gasteiger partial charge in [-0.1, -0.05) is 197 Å². The number of nitrogens with zero attached hydrogens (tertiary/aromatic N) is 2. The first-order valence-electron chi connectivity index (χ1n) is 27.3. The van der Waals surface area contributed by atoms with Crippen LogP contribution < -0.4 is 25.5 Å². The maximum atomic E-state index is 7.05. The molecular weight excluding hydrogens is 980 g/mol. The summed E-state index contributed by atoms with van der Waals surface area (Å²) in [4.78, 5) is 4.95. The number of para-hydroxylation sites is 3. The second-order valence-corrected chi connectivity index (χ2v) is 23.4. The third-order valence-corrected chi connectivity index (χ3v) is 18.2. The van der Waals surface area contributed by atoms with Gasteiger partial charge in [0.05, 0.1) is 11.1 Å². The molecule has 5 heterocycles. The van der Waals surface area contributed by atoms with E-state index in [0.717, 1.165) is 78.0 Å². The van der Waals surface area contributed by atoms with Gasteiger partial charge < -0.3 is 18.6 Å². The van der Waals surface area contributed by atoms with Crippen LogP contribution in [0.4, 0.5) is 34.1 Å². The van der Waals surface area contributed by atoms with E-state index in [1.165, 1.54) is 64.7 Å². The molecule has 2 aliphatic rings. The third-order valence-electron chi connectivity index (χ3n) is 16.9. The molecule has 2 aliphatic heterocycles. The van der Waals surface area contributed by atoms with Gasteiger partial charge in [-0.25, -0.2) is 0 Å². The Morgan fingerprint density at radius 3 is 1.77 bits per heavy atom. The molecule has 0 saturated carbocycles. The molecule has 4 nitrogen and oxygen atoms in total. The molecule has 0 radical (unpaired) electrons. The molecule has 374 valence electrons. The Kier molecular flexibility index (Phi) is 10.0. The average molecular weight is 1030 g/mol. The van der Waals surface area contributed by atoms with Crippen LogP contribution in [0, 0.1) is 0 Å². The van der Waals surface area contributed by atoms with Gasteiger partial charge in [-0.2, -0.15) is 0 Å². The van der Waals surface area contributed by atoms with E-state index in [9.17, 15) is 0 Å². The Hall–Kier alpha value is -9.36. The quantitative estimate of drug-likeness (QED) is 0.149. The summed E-state index contributed by atoms with van der Waals surface area (Å²) in [6.07, 6.45) is 0. The summed E-state index contributed by atoms with van der Waals surface area (Å²) < 4.78 is 16.1. The van der Waals surface area contributed by atoms with Gasteiger partial charge in [0.25, 0.3) is 6.71 Å². The number of thiophene rings is 1. The summed E-state index contributed by atoms with van der Waals surface area (Å²) in [5.41, 5.74) is 20.5. The smallest absolute Gasteiger partial charge is 0.259 e. The Bertz CT molecular complexity index is 4680. The number of anilines is 6. The van der Waals surface area contributed by atoms with Crippen molar-refractivity contribution in [2.24, 2.45) is 0 Å². The monoisotopic (exact) mass is 1030 g/mol. The molecule has 3 aromatic heterocycles. The van der Waals surface area contributed by atoms with Crippen LogP contribution in [-0.4, -0.2) is 6.71 Å². The number of rotatable bonds is 7. The SMILES string of the molecule is CC(C)(C)c1ccc(N(c2ccc3c(c2)N(c2cccc4c2oc2ccccc24)c2cccc4c2B3c2sc3ccc(-c5ccccc5)cc3c2C4(c2ccccc2)c2ccccc2)c2ccc3oc4ccccc4c3c2)cc1. The molecule has 0 N–H and O–H groups in total. The van der Waals surface area contributed by atoms with E-state index < -0.39 is 5.41 Å². The summed E-state index contributed by atoms with van der Waals surface area (Å²) in [6.45, 7) is 6.73. The van der Waals surface area contributed by atoms with Crippen molar-refractivity contribution >= 4 is 122 Å². The fraction of sp³-hybridized carbons (Fsp3) is 0.0685. The highest BCUT2D eigenvalue weighted by molar-refractivity contribution is 7.33. The molecule has 79 heavy (non-hydrogen) atoms. The molecule has 11 aromatic carbocycles. The maximum absolute atomic E-state index is 7.05. The van der Waals surface area contributed by atoms with E-state index >= 15 is 0 Å². The van der Waals surface area contributed by atoms with Crippen LogP contribution in [-0.2, 0) is 10.8 Å². The number of furan rings is 2. The highest BCUT2D eigenvalue weighted by Crippen LogP contribution is 2.54. The number of hydrogen-bond donors (Lipinski definition) is 0. The molecule has 0 fully saturated rings. The molecule has 14 aromatic rings. The molecule has 0 spiro atoms. The normalized spacial score (nSPS) is 13.6. The van der Waals surface area contributed by atoms with Crippen molar-refractivity contribution in [2.45, 2.75) is 31.6 Å². The Labute approximate surface area is 463 Å². The first-order chi connectivity index (χ1) is 38.8. The molecule has 6 heteroatoms.